The average molecular weight is 241 g/mol. The second-order valence-electron chi connectivity index (χ2n) is 3.62. The molecule has 0 saturated heterocycles. The summed E-state index contributed by atoms with van der Waals surface area (Å²) in [6.45, 7) is 4.25. The summed E-state index contributed by atoms with van der Waals surface area (Å²) in [7, 11) is 0. The van der Waals surface area contributed by atoms with E-state index in [9.17, 15) is 9.59 Å². The summed E-state index contributed by atoms with van der Waals surface area (Å²) in [4.78, 5) is 23.4. The number of nitrogens with zero attached hydrogens (tertiary/aromatic N) is 2. The van der Waals surface area contributed by atoms with E-state index in [0.29, 0.717) is 39.3 Å². The summed E-state index contributed by atoms with van der Waals surface area (Å²) in [6, 6.07) is 1.39. The Balaban J connectivity index is 2.86. The number of aromatic nitrogens is 2. The summed E-state index contributed by atoms with van der Waals surface area (Å²) < 4.78 is 7.86. The number of hydrogen-bond acceptors (Lipinski definition) is 4. The highest BCUT2D eigenvalue weighted by molar-refractivity contribution is 4.86. The first-order chi connectivity index (χ1) is 8.20. The first-order valence-electron chi connectivity index (χ1n) is 5.78. The predicted octanol–water partition coefficient (Wildman–Crippen LogP) is -0.605. The van der Waals surface area contributed by atoms with E-state index in [-0.39, 0.29) is 11.2 Å². The summed E-state index contributed by atoms with van der Waals surface area (Å²) in [5.74, 6) is 0. The molecule has 1 heterocycles. The molecule has 0 bridgehead atoms. The van der Waals surface area contributed by atoms with E-state index < -0.39 is 0 Å². The molecule has 0 aromatic carbocycles. The predicted molar refractivity (Wildman–Crippen MR) is 65.1 cm³/mol. The first-order valence-corrected chi connectivity index (χ1v) is 5.78. The van der Waals surface area contributed by atoms with Crippen LogP contribution in [0.4, 0.5) is 0 Å². The molecule has 6 heteroatoms. The van der Waals surface area contributed by atoms with E-state index in [4.69, 9.17) is 10.5 Å². The van der Waals surface area contributed by atoms with Gasteiger partial charge in [0.1, 0.15) is 0 Å². The van der Waals surface area contributed by atoms with Gasteiger partial charge < -0.3 is 10.5 Å². The summed E-state index contributed by atoms with van der Waals surface area (Å²) in [5.41, 5.74) is 4.79. The van der Waals surface area contributed by atoms with Crippen molar-refractivity contribution in [2.24, 2.45) is 5.73 Å². The van der Waals surface area contributed by atoms with Crippen LogP contribution in [0.2, 0.25) is 0 Å². The lowest BCUT2D eigenvalue weighted by molar-refractivity contribution is 0.137. The first kappa shape index (κ1) is 13.7. The van der Waals surface area contributed by atoms with Crippen LogP contribution in [0.25, 0.3) is 0 Å². The maximum absolute atomic E-state index is 11.9. The molecule has 0 fully saturated rings. The minimum atomic E-state index is -0.300. The summed E-state index contributed by atoms with van der Waals surface area (Å²) in [5, 5.41) is 0. The molecular weight excluding hydrogens is 222 g/mol. The minimum Gasteiger partial charge on any atom is -0.380 e. The smallest absolute Gasteiger partial charge is 0.331 e. The van der Waals surface area contributed by atoms with Crippen LogP contribution >= 0.6 is 0 Å². The van der Waals surface area contributed by atoms with Gasteiger partial charge in [-0.2, -0.15) is 0 Å². The lowest BCUT2D eigenvalue weighted by Crippen LogP contribution is -2.39. The van der Waals surface area contributed by atoms with Crippen LogP contribution < -0.4 is 17.0 Å². The van der Waals surface area contributed by atoms with E-state index in [2.05, 4.69) is 0 Å². The van der Waals surface area contributed by atoms with Crippen molar-refractivity contribution in [3.05, 3.63) is 33.1 Å². The van der Waals surface area contributed by atoms with Gasteiger partial charge in [0.15, 0.2) is 0 Å². The van der Waals surface area contributed by atoms with Crippen molar-refractivity contribution in [3.63, 3.8) is 0 Å². The van der Waals surface area contributed by atoms with Crippen LogP contribution in [0.15, 0.2) is 21.9 Å². The van der Waals surface area contributed by atoms with Crippen molar-refractivity contribution >= 4 is 0 Å². The molecule has 0 unspecified atom stereocenters. The maximum atomic E-state index is 11.9. The van der Waals surface area contributed by atoms with E-state index in [0.717, 1.165) is 0 Å². The third kappa shape index (κ3) is 3.83. The molecule has 0 aliphatic carbocycles. The van der Waals surface area contributed by atoms with Gasteiger partial charge in [0.05, 0.1) is 13.2 Å². The van der Waals surface area contributed by atoms with Crippen molar-refractivity contribution in [1.29, 1.82) is 0 Å². The fraction of sp³-hybridized carbons (Fsp3) is 0.636. The van der Waals surface area contributed by atoms with Gasteiger partial charge in [0, 0.05) is 25.4 Å². The lowest BCUT2D eigenvalue weighted by atomic mass is 10.4. The standard InChI is InChI=1S/C11H19N3O3/c1-2-17-9-8-13-7-4-10(15)14(11(13)16)6-3-5-12/h4,7H,2-3,5-6,8-9,12H2,1H3. The molecule has 0 radical (unpaired) electrons. The highest BCUT2D eigenvalue weighted by Gasteiger charge is 2.04. The molecule has 96 valence electrons. The van der Waals surface area contributed by atoms with Gasteiger partial charge >= 0.3 is 5.69 Å². The van der Waals surface area contributed by atoms with Crippen LogP contribution in [0.5, 0.6) is 0 Å². The van der Waals surface area contributed by atoms with Crippen LogP contribution in [0.3, 0.4) is 0 Å². The Labute approximate surface area is 99.6 Å². The largest absolute Gasteiger partial charge is 0.380 e. The average Bonchev–Trinajstić information content (AvgIpc) is 2.32. The van der Waals surface area contributed by atoms with E-state index in [1.165, 1.54) is 21.4 Å². The van der Waals surface area contributed by atoms with Gasteiger partial charge in [0.2, 0.25) is 0 Å². The summed E-state index contributed by atoms with van der Waals surface area (Å²) >= 11 is 0. The maximum Gasteiger partial charge on any atom is 0.331 e. The highest BCUT2D eigenvalue weighted by atomic mass is 16.5. The Morgan fingerprint density at radius 3 is 2.76 bits per heavy atom. The molecule has 17 heavy (non-hydrogen) atoms. The van der Waals surface area contributed by atoms with E-state index in [1.807, 2.05) is 6.92 Å². The number of nitrogens with two attached hydrogens (primary N) is 1. The monoisotopic (exact) mass is 241 g/mol. The van der Waals surface area contributed by atoms with E-state index in [1.54, 1.807) is 0 Å². The van der Waals surface area contributed by atoms with E-state index >= 15 is 0 Å². The molecule has 1 aromatic rings. The minimum absolute atomic E-state index is 0.281. The zero-order chi connectivity index (χ0) is 12.7. The van der Waals surface area contributed by atoms with Crippen LogP contribution in [-0.4, -0.2) is 28.9 Å². The Morgan fingerprint density at radius 1 is 1.35 bits per heavy atom. The summed E-state index contributed by atoms with van der Waals surface area (Å²) in [6.07, 6.45) is 2.12. The van der Waals surface area contributed by atoms with Gasteiger partial charge in [-0.25, -0.2) is 4.79 Å². The molecule has 0 spiro atoms. The SMILES string of the molecule is CCOCCn1ccc(=O)n(CCCN)c1=O. The molecule has 0 aliphatic heterocycles. The third-order valence-electron chi connectivity index (χ3n) is 2.41. The fourth-order valence-corrected chi connectivity index (χ4v) is 1.49. The second kappa shape index (κ2) is 7.03. The van der Waals surface area contributed by atoms with Crippen LogP contribution in [0.1, 0.15) is 13.3 Å². The molecule has 2 N–H and O–H groups in total. The normalized spacial score (nSPS) is 10.7. The van der Waals surface area contributed by atoms with Crippen molar-refractivity contribution in [2.45, 2.75) is 26.4 Å². The number of rotatable bonds is 7. The highest BCUT2D eigenvalue weighted by Crippen LogP contribution is 1.84. The molecular formula is C11H19N3O3. The van der Waals surface area contributed by atoms with Gasteiger partial charge in [-0.1, -0.05) is 0 Å². The fourth-order valence-electron chi connectivity index (χ4n) is 1.49. The van der Waals surface area contributed by atoms with Crippen LogP contribution in [0, 0.1) is 0 Å². The molecule has 0 saturated carbocycles. The van der Waals surface area contributed by atoms with Gasteiger partial charge in [-0.15, -0.1) is 0 Å². The molecule has 0 aliphatic rings. The van der Waals surface area contributed by atoms with Crippen molar-refractivity contribution in [1.82, 2.24) is 9.13 Å². The van der Waals surface area contributed by atoms with Gasteiger partial charge in [0.25, 0.3) is 5.56 Å². The zero-order valence-electron chi connectivity index (χ0n) is 10.1. The topological polar surface area (TPSA) is 79.2 Å². The molecule has 1 rings (SSSR count). The Hall–Kier alpha value is -1.40. The van der Waals surface area contributed by atoms with Crippen molar-refractivity contribution < 1.29 is 4.74 Å². The quantitative estimate of drug-likeness (QED) is 0.646. The van der Waals surface area contributed by atoms with Gasteiger partial charge in [-0.3, -0.25) is 13.9 Å². The van der Waals surface area contributed by atoms with Crippen molar-refractivity contribution in [3.8, 4) is 0 Å². The van der Waals surface area contributed by atoms with Crippen molar-refractivity contribution in [2.75, 3.05) is 19.8 Å². The lowest BCUT2D eigenvalue weighted by Gasteiger charge is -2.09. The third-order valence-corrected chi connectivity index (χ3v) is 2.41. The number of ether oxygens (including phenoxy) is 1. The zero-order valence-corrected chi connectivity index (χ0v) is 10.1. The second-order valence-corrected chi connectivity index (χ2v) is 3.62. The molecule has 0 amide bonds. The Morgan fingerprint density at radius 2 is 2.12 bits per heavy atom. The molecule has 0 atom stereocenters. The number of hydrogen-bond donors (Lipinski definition) is 1. The molecule has 1 aromatic heterocycles. The Kier molecular flexibility index (Phi) is 5.65. The van der Waals surface area contributed by atoms with Gasteiger partial charge in [-0.05, 0) is 19.9 Å². The Bertz CT molecular complexity index is 450. The molecule has 6 nitrogen and oxygen atoms in total. The van der Waals surface area contributed by atoms with Crippen LogP contribution in [-0.2, 0) is 17.8 Å².